The van der Waals surface area contributed by atoms with Crippen LogP contribution < -0.4 is 5.32 Å². The van der Waals surface area contributed by atoms with E-state index in [-0.39, 0.29) is 16.2 Å². The number of nitro benzene ring substituents is 1. The molecule has 0 amide bonds. The van der Waals surface area contributed by atoms with Gasteiger partial charge in [0.25, 0.3) is 5.69 Å². The topological polar surface area (TPSA) is 64.4 Å². The highest BCUT2D eigenvalue weighted by Gasteiger charge is 2.17. The molecule has 5 nitrogen and oxygen atoms in total. The summed E-state index contributed by atoms with van der Waals surface area (Å²) in [5.41, 5.74) is 0.420. The molecule has 0 aliphatic heterocycles. The standard InChI is InChI=1S/C12H18N2O3/c1-12(2,17-3)8-9-13-10-6-4-5-7-11(10)14(15)16/h4-7,13H,8-9H2,1-3H3. The molecular weight excluding hydrogens is 220 g/mol. The Labute approximate surface area is 101 Å². The van der Waals surface area contributed by atoms with Crippen LogP contribution in [0.5, 0.6) is 0 Å². The van der Waals surface area contributed by atoms with Crippen LogP contribution in [0.4, 0.5) is 11.4 Å². The monoisotopic (exact) mass is 238 g/mol. The third-order valence-electron chi connectivity index (χ3n) is 2.70. The Kier molecular flexibility index (Phi) is 4.45. The number of hydrogen-bond acceptors (Lipinski definition) is 4. The van der Waals surface area contributed by atoms with Gasteiger partial charge in [0, 0.05) is 19.7 Å². The van der Waals surface area contributed by atoms with E-state index in [0.29, 0.717) is 12.2 Å². The Morgan fingerprint density at radius 2 is 2.06 bits per heavy atom. The summed E-state index contributed by atoms with van der Waals surface area (Å²) in [6, 6.07) is 6.63. The minimum Gasteiger partial charge on any atom is -0.379 e. The van der Waals surface area contributed by atoms with Gasteiger partial charge >= 0.3 is 0 Å². The highest BCUT2D eigenvalue weighted by atomic mass is 16.6. The molecule has 0 bridgehead atoms. The molecule has 0 unspecified atom stereocenters. The molecule has 1 aromatic rings. The summed E-state index contributed by atoms with van der Waals surface area (Å²) in [6.45, 7) is 4.59. The average Bonchev–Trinajstić information content (AvgIpc) is 2.29. The second kappa shape index (κ2) is 5.63. The second-order valence-corrected chi connectivity index (χ2v) is 4.41. The molecule has 0 aliphatic rings. The van der Waals surface area contributed by atoms with Crippen LogP contribution in [0.3, 0.4) is 0 Å². The zero-order valence-corrected chi connectivity index (χ0v) is 10.4. The minimum atomic E-state index is -0.385. The smallest absolute Gasteiger partial charge is 0.292 e. The Morgan fingerprint density at radius 3 is 2.65 bits per heavy atom. The first kappa shape index (κ1) is 13.4. The minimum absolute atomic E-state index is 0.0997. The van der Waals surface area contributed by atoms with Crippen LogP contribution in [0.2, 0.25) is 0 Å². The normalized spacial score (nSPS) is 11.2. The maximum Gasteiger partial charge on any atom is 0.292 e. The third-order valence-corrected chi connectivity index (χ3v) is 2.70. The number of nitrogens with zero attached hydrogens (tertiary/aromatic N) is 1. The van der Waals surface area contributed by atoms with Crippen LogP contribution in [-0.4, -0.2) is 24.2 Å². The molecule has 0 radical (unpaired) electrons. The van der Waals surface area contributed by atoms with Crippen molar-refractivity contribution >= 4 is 11.4 Å². The van der Waals surface area contributed by atoms with Crippen molar-refractivity contribution < 1.29 is 9.66 Å². The predicted molar refractivity (Wildman–Crippen MR) is 67.3 cm³/mol. The average molecular weight is 238 g/mol. The number of para-hydroxylation sites is 2. The molecule has 94 valence electrons. The van der Waals surface area contributed by atoms with Crippen LogP contribution in [0.1, 0.15) is 20.3 Å². The molecule has 0 saturated heterocycles. The number of ether oxygens (including phenoxy) is 1. The van der Waals surface area contributed by atoms with E-state index in [4.69, 9.17) is 4.74 Å². The zero-order chi connectivity index (χ0) is 12.9. The largest absolute Gasteiger partial charge is 0.379 e. The molecule has 0 atom stereocenters. The van der Waals surface area contributed by atoms with Gasteiger partial charge in [-0.2, -0.15) is 0 Å². The van der Waals surface area contributed by atoms with Crippen LogP contribution in [0.25, 0.3) is 0 Å². The molecule has 1 aromatic carbocycles. The van der Waals surface area contributed by atoms with E-state index >= 15 is 0 Å². The molecule has 17 heavy (non-hydrogen) atoms. The molecule has 0 saturated carbocycles. The molecule has 1 N–H and O–H groups in total. The first-order valence-corrected chi connectivity index (χ1v) is 5.49. The number of anilines is 1. The number of benzene rings is 1. The molecule has 5 heteroatoms. The molecule has 0 fully saturated rings. The van der Waals surface area contributed by atoms with Gasteiger partial charge < -0.3 is 10.1 Å². The summed E-state index contributed by atoms with van der Waals surface area (Å²) < 4.78 is 5.28. The van der Waals surface area contributed by atoms with Crippen LogP contribution in [0, 0.1) is 10.1 Å². The van der Waals surface area contributed by atoms with E-state index in [0.717, 1.165) is 6.42 Å². The van der Waals surface area contributed by atoms with Crippen LogP contribution in [-0.2, 0) is 4.74 Å². The van der Waals surface area contributed by atoms with E-state index in [1.165, 1.54) is 6.07 Å². The SMILES string of the molecule is COC(C)(C)CCNc1ccccc1[N+](=O)[O-]. The van der Waals surface area contributed by atoms with E-state index in [1.807, 2.05) is 13.8 Å². The van der Waals surface area contributed by atoms with Gasteiger partial charge in [0.05, 0.1) is 10.5 Å². The molecule has 1 rings (SSSR count). The fourth-order valence-electron chi connectivity index (χ4n) is 1.38. The molecule has 0 spiro atoms. The quantitative estimate of drug-likeness (QED) is 0.611. The maximum atomic E-state index is 10.8. The Balaban J connectivity index is 2.61. The first-order chi connectivity index (χ1) is 7.96. The maximum absolute atomic E-state index is 10.8. The predicted octanol–water partition coefficient (Wildman–Crippen LogP) is 2.82. The van der Waals surface area contributed by atoms with Gasteiger partial charge in [-0.1, -0.05) is 12.1 Å². The van der Waals surface area contributed by atoms with E-state index < -0.39 is 0 Å². The first-order valence-electron chi connectivity index (χ1n) is 5.49. The van der Waals surface area contributed by atoms with Crippen molar-refractivity contribution in [2.24, 2.45) is 0 Å². The van der Waals surface area contributed by atoms with Gasteiger partial charge in [0.15, 0.2) is 0 Å². The summed E-state index contributed by atoms with van der Waals surface area (Å²) in [7, 11) is 1.66. The van der Waals surface area contributed by atoms with Crippen molar-refractivity contribution in [2.45, 2.75) is 25.9 Å². The zero-order valence-electron chi connectivity index (χ0n) is 10.4. The van der Waals surface area contributed by atoms with Crippen molar-refractivity contribution in [1.29, 1.82) is 0 Å². The lowest BCUT2D eigenvalue weighted by molar-refractivity contribution is -0.384. The number of hydrogen-bond donors (Lipinski definition) is 1. The summed E-state index contributed by atoms with van der Waals surface area (Å²) in [6.07, 6.45) is 0.773. The number of rotatable bonds is 6. The van der Waals surface area contributed by atoms with E-state index in [1.54, 1.807) is 25.3 Å². The van der Waals surface area contributed by atoms with Gasteiger partial charge in [-0.05, 0) is 26.3 Å². The number of nitrogens with one attached hydrogen (secondary N) is 1. The lowest BCUT2D eigenvalue weighted by Crippen LogP contribution is -2.25. The number of nitro groups is 1. The van der Waals surface area contributed by atoms with Crippen molar-refractivity contribution in [3.63, 3.8) is 0 Å². The third kappa shape index (κ3) is 4.03. The van der Waals surface area contributed by atoms with Crippen molar-refractivity contribution in [2.75, 3.05) is 19.0 Å². The van der Waals surface area contributed by atoms with Crippen molar-refractivity contribution in [3.8, 4) is 0 Å². The molecule has 0 heterocycles. The van der Waals surface area contributed by atoms with Gasteiger partial charge in [-0.15, -0.1) is 0 Å². The van der Waals surface area contributed by atoms with Gasteiger partial charge in [0.1, 0.15) is 5.69 Å². The fourth-order valence-corrected chi connectivity index (χ4v) is 1.38. The lowest BCUT2D eigenvalue weighted by Gasteiger charge is -2.22. The van der Waals surface area contributed by atoms with E-state index in [9.17, 15) is 10.1 Å². The number of methoxy groups -OCH3 is 1. The van der Waals surface area contributed by atoms with Crippen molar-refractivity contribution in [1.82, 2.24) is 0 Å². The summed E-state index contributed by atoms with van der Waals surface area (Å²) in [5.74, 6) is 0. The Bertz CT molecular complexity index is 391. The van der Waals surface area contributed by atoms with Crippen LogP contribution >= 0.6 is 0 Å². The van der Waals surface area contributed by atoms with Gasteiger partial charge in [-0.25, -0.2) is 0 Å². The Morgan fingerprint density at radius 1 is 1.41 bits per heavy atom. The highest BCUT2D eigenvalue weighted by Crippen LogP contribution is 2.23. The molecule has 0 aromatic heterocycles. The van der Waals surface area contributed by atoms with E-state index in [2.05, 4.69) is 5.32 Å². The lowest BCUT2D eigenvalue weighted by atomic mass is 10.1. The second-order valence-electron chi connectivity index (χ2n) is 4.41. The Hall–Kier alpha value is -1.62. The molecular formula is C12H18N2O3. The van der Waals surface area contributed by atoms with Gasteiger partial charge in [0.2, 0.25) is 0 Å². The fraction of sp³-hybridized carbons (Fsp3) is 0.500. The van der Waals surface area contributed by atoms with Crippen molar-refractivity contribution in [3.05, 3.63) is 34.4 Å². The highest BCUT2D eigenvalue weighted by molar-refractivity contribution is 5.60. The molecule has 0 aliphatic carbocycles. The van der Waals surface area contributed by atoms with Crippen LogP contribution in [0.15, 0.2) is 24.3 Å². The summed E-state index contributed by atoms with van der Waals surface area (Å²) >= 11 is 0. The summed E-state index contributed by atoms with van der Waals surface area (Å²) in [4.78, 5) is 10.4. The van der Waals surface area contributed by atoms with Gasteiger partial charge in [-0.3, -0.25) is 10.1 Å². The summed E-state index contributed by atoms with van der Waals surface area (Å²) in [5, 5.41) is 13.8.